The quantitative estimate of drug-likeness (QED) is 0.159. The van der Waals surface area contributed by atoms with Crippen molar-refractivity contribution in [3.63, 3.8) is 0 Å². The van der Waals surface area contributed by atoms with Crippen LogP contribution in [0.3, 0.4) is 0 Å². The summed E-state index contributed by atoms with van der Waals surface area (Å²) in [6, 6.07) is 26.3. The zero-order valence-electron chi connectivity index (χ0n) is 26.3. The summed E-state index contributed by atoms with van der Waals surface area (Å²) in [4.78, 5) is 0. The van der Waals surface area contributed by atoms with Crippen molar-refractivity contribution in [1.82, 2.24) is 0 Å². The summed E-state index contributed by atoms with van der Waals surface area (Å²) >= 11 is 0. The number of hydroxylamine groups is 3. The van der Waals surface area contributed by atoms with Crippen LogP contribution in [0.25, 0.3) is 0 Å². The Morgan fingerprint density at radius 3 is 1.55 bits per heavy atom. The summed E-state index contributed by atoms with van der Waals surface area (Å²) in [5.41, 5.74) is 1.04. The number of hydrogen-bond donors (Lipinski definition) is 4. The molecular weight excluding hydrogens is 566 g/mol. The Morgan fingerprint density at radius 2 is 1.14 bits per heavy atom. The molecule has 0 aliphatic carbocycles. The van der Waals surface area contributed by atoms with Crippen LogP contribution in [0.2, 0.25) is 0 Å². The van der Waals surface area contributed by atoms with E-state index >= 15 is 0 Å². The summed E-state index contributed by atoms with van der Waals surface area (Å²) in [5, 5.41) is 50.5. The zero-order chi connectivity index (χ0) is 31.1. The van der Waals surface area contributed by atoms with Crippen LogP contribution in [0.15, 0.2) is 84.9 Å². The van der Waals surface area contributed by atoms with Gasteiger partial charge in [-0.3, -0.25) is 0 Å². The van der Waals surface area contributed by atoms with Gasteiger partial charge >= 0.3 is 0 Å². The van der Waals surface area contributed by atoms with E-state index < -0.39 is 16.3 Å². The second kappa shape index (κ2) is 20.0. The third-order valence-electron chi connectivity index (χ3n) is 6.12. The molecule has 0 radical (unpaired) electrons. The van der Waals surface area contributed by atoms with E-state index in [4.69, 9.17) is 20.1 Å². The molecule has 3 aromatic rings. The number of aliphatic hydroxyl groups excluding tert-OH is 3. The molecule has 8 heteroatoms. The number of aliphatic hydroxyl groups is 4. The van der Waals surface area contributed by atoms with Gasteiger partial charge in [0.25, 0.3) is 0 Å². The molecule has 1 aliphatic rings. The number of benzene rings is 3. The average Bonchev–Trinajstić information content (AvgIpc) is 3.30. The molecule has 0 bridgehead atoms. The summed E-state index contributed by atoms with van der Waals surface area (Å²) in [6.45, 7) is 11.1. The number of ether oxygens (including phenoxy) is 1. The molecule has 1 saturated heterocycles. The van der Waals surface area contributed by atoms with Crippen LogP contribution in [0, 0.1) is 5.21 Å². The molecule has 42 heavy (non-hydrogen) atoms. The van der Waals surface area contributed by atoms with Gasteiger partial charge in [0.15, 0.2) is 5.60 Å². The first-order valence-corrected chi connectivity index (χ1v) is 14.3. The Kier molecular flexibility index (Phi) is 19.0. The molecule has 1 heterocycles. The van der Waals surface area contributed by atoms with Crippen molar-refractivity contribution in [1.29, 1.82) is 0 Å². The minimum atomic E-state index is -1.36. The third kappa shape index (κ3) is 13.1. The summed E-state index contributed by atoms with van der Waals surface area (Å²) in [7, 11) is 1.62. The fraction of sp³-hybridized carbons (Fsp3) is 0.471. The van der Waals surface area contributed by atoms with Gasteiger partial charge in [-0.25, -0.2) is 0 Å². The zero-order valence-corrected chi connectivity index (χ0v) is 27.8. The normalized spacial score (nSPS) is 17.6. The van der Waals surface area contributed by atoms with E-state index in [-0.39, 0.29) is 46.6 Å². The molecule has 1 fully saturated rings. The van der Waals surface area contributed by atoms with Gasteiger partial charge in [0, 0.05) is 58.4 Å². The van der Waals surface area contributed by atoms with Crippen molar-refractivity contribution >= 4 is 0 Å². The standard InChI is InChI=1S/C25H27NO3.3C3H8O.Ti/c1-29-23-16-9-8-11-20(23)19-26(28)18-10-17-24(26)25(27,21-12-4-2-5-13-21)22-14-6-3-7-15-22;3*1-3(2)4;/h2-9,11-16,24,27H,10,17-19H2,1H3;3*3-4H,1-2H3;/t24-,26+;;;;/m0..../s1. The third-order valence-corrected chi connectivity index (χ3v) is 6.12. The van der Waals surface area contributed by atoms with Gasteiger partial charge in [-0.05, 0) is 64.8 Å². The van der Waals surface area contributed by atoms with Crippen molar-refractivity contribution in [2.24, 2.45) is 0 Å². The maximum Gasteiger partial charge on any atom is 0.167 e. The van der Waals surface area contributed by atoms with E-state index in [1.807, 2.05) is 84.9 Å². The molecule has 0 amide bonds. The molecule has 232 valence electrons. The first-order chi connectivity index (χ1) is 19.3. The van der Waals surface area contributed by atoms with E-state index in [1.165, 1.54) is 0 Å². The van der Waals surface area contributed by atoms with Crippen LogP contribution in [0.5, 0.6) is 5.75 Å². The maximum absolute atomic E-state index is 14.2. The molecule has 4 rings (SSSR count). The van der Waals surface area contributed by atoms with E-state index in [0.29, 0.717) is 13.0 Å². The Bertz CT molecular complexity index is 1040. The fourth-order valence-electron chi connectivity index (χ4n) is 4.74. The van der Waals surface area contributed by atoms with Crippen molar-refractivity contribution < 1.29 is 51.5 Å². The monoisotopic (exact) mass is 617 g/mol. The van der Waals surface area contributed by atoms with Crippen molar-refractivity contribution in [2.75, 3.05) is 13.7 Å². The molecule has 4 N–H and O–H groups in total. The molecule has 7 nitrogen and oxygen atoms in total. The van der Waals surface area contributed by atoms with Crippen LogP contribution in [-0.2, 0) is 33.9 Å². The second-order valence-electron chi connectivity index (χ2n) is 11.1. The van der Waals surface area contributed by atoms with Crippen molar-refractivity contribution in [2.45, 2.75) is 90.9 Å². The molecule has 0 saturated carbocycles. The number of quaternary nitrogens is 1. The van der Waals surface area contributed by atoms with Gasteiger partial charge in [0.1, 0.15) is 18.3 Å². The Morgan fingerprint density at radius 1 is 0.762 bits per heavy atom. The van der Waals surface area contributed by atoms with Crippen LogP contribution in [-0.4, -0.2) is 63.1 Å². The number of para-hydroxylation sites is 1. The number of hydrogen-bond acceptors (Lipinski definition) is 6. The molecule has 3 aromatic carbocycles. The molecular formula is C34H51NO6Ti. The van der Waals surface area contributed by atoms with Gasteiger partial charge in [-0.1, -0.05) is 72.8 Å². The SMILES string of the molecule is CC(C)O.CC(C)O.CC(C)O.COc1ccccc1C[N@+]1([O-])CCC[C@H]1C(O)(c1ccccc1)c1ccccc1.[Ti]. The van der Waals surface area contributed by atoms with Crippen LogP contribution in [0.1, 0.15) is 71.1 Å². The van der Waals surface area contributed by atoms with E-state index in [1.54, 1.807) is 48.7 Å². The Labute approximate surface area is 267 Å². The Hall–Kier alpha value is -2.07. The van der Waals surface area contributed by atoms with Gasteiger partial charge in [-0.2, -0.15) is 0 Å². The molecule has 2 atom stereocenters. The smallest absolute Gasteiger partial charge is 0.167 e. The molecule has 0 spiro atoms. The second-order valence-corrected chi connectivity index (χ2v) is 11.1. The molecule has 1 aliphatic heterocycles. The van der Waals surface area contributed by atoms with E-state index in [9.17, 15) is 10.3 Å². The Balaban J connectivity index is 0.00000111. The number of methoxy groups -OCH3 is 1. The molecule has 0 unspecified atom stereocenters. The maximum atomic E-state index is 14.2. The van der Waals surface area contributed by atoms with Crippen LogP contribution >= 0.6 is 0 Å². The summed E-state index contributed by atoms with van der Waals surface area (Å²) < 4.78 is 5.01. The first kappa shape index (κ1) is 39.9. The van der Waals surface area contributed by atoms with Crippen LogP contribution in [0.4, 0.5) is 0 Å². The summed E-state index contributed by atoms with van der Waals surface area (Å²) in [5.74, 6) is 0.717. The molecule has 0 aromatic heterocycles. The predicted molar refractivity (Wildman–Crippen MR) is 166 cm³/mol. The largest absolute Gasteiger partial charge is 0.632 e. The van der Waals surface area contributed by atoms with E-state index in [0.717, 1.165) is 28.9 Å². The minimum absolute atomic E-state index is 0. The predicted octanol–water partition coefficient (Wildman–Crippen LogP) is 5.77. The number of likely N-dealkylation sites (tertiary alicyclic amines) is 1. The van der Waals surface area contributed by atoms with Gasteiger partial charge in [0.2, 0.25) is 0 Å². The number of rotatable bonds is 6. The summed E-state index contributed by atoms with van der Waals surface area (Å²) in [6.07, 6.45) is 0.949. The van der Waals surface area contributed by atoms with Gasteiger partial charge < -0.3 is 35.0 Å². The van der Waals surface area contributed by atoms with Crippen molar-refractivity contribution in [3.05, 3.63) is 107 Å². The average molecular weight is 618 g/mol. The van der Waals surface area contributed by atoms with E-state index in [2.05, 4.69) is 0 Å². The van der Waals surface area contributed by atoms with Gasteiger partial charge in [0.05, 0.1) is 13.7 Å². The van der Waals surface area contributed by atoms with Crippen LogP contribution < -0.4 is 4.74 Å². The topological polar surface area (TPSA) is 113 Å². The minimum Gasteiger partial charge on any atom is -0.632 e. The first-order valence-electron chi connectivity index (χ1n) is 14.3. The van der Waals surface area contributed by atoms with Crippen molar-refractivity contribution in [3.8, 4) is 5.75 Å². The fourth-order valence-corrected chi connectivity index (χ4v) is 4.74. The van der Waals surface area contributed by atoms with Gasteiger partial charge in [-0.15, -0.1) is 0 Å². The number of nitrogens with zero attached hydrogens (tertiary/aromatic N) is 1.